The second kappa shape index (κ2) is 7.04. The molecule has 0 fully saturated rings. The van der Waals surface area contributed by atoms with Gasteiger partial charge in [0.25, 0.3) is 5.56 Å². The first-order valence-electron chi connectivity index (χ1n) is 7.74. The number of carbonyl (C=O) groups is 1. The van der Waals surface area contributed by atoms with E-state index in [1.807, 2.05) is 18.2 Å². The lowest BCUT2D eigenvalue weighted by molar-refractivity contribution is -0.130. The van der Waals surface area contributed by atoms with Gasteiger partial charge in [-0.2, -0.15) is 0 Å². The number of carbonyl (C=O) groups excluding carboxylic acids is 1. The molecule has 3 rings (SSSR count). The Hall–Kier alpha value is -3.02. The molecule has 0 atom stereocenters. The summed E-state index contributed by atoms with van der Waals surface area (Å²) in [6, 6.07) is 10.9. The van der Waals surface area contributed by atoms with Gasteiger partial charge in [-0.25, -0.2) is 4.98 Å². The van der Waals surface area contributed by atoms with Crippen molar-refractivity contribution in [2.24, 2.45) is 0 Å². The zero-order chi connectivity index (χ0) is 16.9. The minimum absolute atomic E-state index is 0.00243. The van der Waals surface area contributed by atoms with Crippen molar-refractivity contribution in [3.63, 3.8) is 0 Å². The van der Waals surface area contributed by atoms with E-state index in [1.54, 1.807) is 42.5 Å². The molecule has 1 aromatic carbocycles. The molecule has 6 heteroatoms. The number of hydrogen-bond acceptors (Lipinski definition) is 4. The predicted octanol–water partition coefficient (Wildman–Crippen LogP) is 1.91. The second-order valence-electron chi connectivity index (χ2n) is 5.64. The van der Waals surface area contributed by atoms with Crippen molar-refractivity contribution in [3.05, 3.63) is 70.5 Å². The first-order chi connectivity index (χ1) is 11.6. The number of aryl methyl sites for hydroxylation is 1. The average molecular weight is 322 g/mol. The lowest BCUT2D eigenvalue weighted by Gasteiger charge is -2.17. The Morgan fingerprint density at radius 1 is 1.17 bits per heavy atom. The van der Waals surface area contributed by atoms with Crippen molar-refractivity contribution in [3.8, 4) is 0 Å². The molecule has 0 aliphatic heterocycles. The summed E-state index contributed by atoms with van der Waals surface area (Å²) >= 11 is 0. The molecular formula is C18H18N4O2. The first kappa shape index (κ1) is 15.9. The van der Waals surface area contributed by atoms with Crippen LogP contribution in [0.5, 0.6) is 0 Å². The number of benzene rings is 1. The molecule has 2 aromatic heterocycles. The average Bonchev–Trinajstić information content (AvgIpc) is 2.60. The smallest absolute Gasteiger partial charge is 0.258 e. The van der Waals surface area contributed by atoms with Crippen LogP contribution in [0.25, 0.3) is 10.9 Å². The van der Waals surface area contributed by atoms with Crippen LogP contribution in [0.4, 0.5) is 0 Å². The van der Waals surface area contributed by atoms with E-state index >= 15 is 0 Å². The summed E-state index contributed by atoms with van der Waals surface area (Å²) < 4.78 is 0. The molecule has 1 N–H and O–H groups in total. The molecule has 0 saturated carbocycles. The van der Waals surface area contributed by atoms with Crippen molar-refractivity contribution < 1.29 is 4.79 Å². The van der Waals surface area contributed by atoms with E-state index < -0.39 is 0 Å². The second-order valence-corrected chi connectivity index (χ2v) is 5.64. The van der Waals surface area contributed by atoms with Crippen LogP contribution in [0.3, 0.4) is 0 Å². The molecule has 122 valence electrons. The van der Waals surface area contributed by atoms with Crippen LogP contribution in [0, 0.1) is 0 Å². The third-order valence-corrected chi connectivity index (χ3v) is 3.83. The van der Waals surface area contributed by atoms with E-state index in [0.29, 0.717) is 36.1 Å². The summed E-state index contributed by atoms with van der Waals surface area (Å²) in [5.41, 5.74) is 1.50. The highest BCUT2D eigenvalue weighted by molar-refractivity contribution is 5.78. The maximum Gasteiger partial charge on any atom is 0.258 e. The van der Waals surface area contributed by atoms with Gasteiger partial charge in [0.1, 0.15) is 5.82 Å². The topological polar surface area (TPSA) is 79.0 Å². The van der Waals surface area contributed by atoms with Crippen LogP contribution in [-0.2, 0) is 17.8 Å². The summed E-state index contributed by atoms with van der Waals surface area (Å²) in [7, 11) is 1.76. The van der Waals surface area contributed by atoms with Gasteiger partial charge in [0.05, 0.1) is 10.9 Å². The molecule has 3 aromatic rings. The van der Waals surface area contributed by atoms with E-state index in [0.717, 1.165) is 5.56 Å². The van der Waals surface area contributed by atoms with Gasteiger partial charge in [-0.3, -0.25) is 14.6 Å². The van der Waals surface area contributed by atoms with Gasteiger partial charge < -0.3 is 9.88 Å². The molecule has 6 nitrogen and oxygen atoms in total. The predicted molar refractivity (Wildman–Crippen MR) is 91.4 cm³/mol. The highest BCUT2D eigenvalue weighted by atomic mass is 16.2. The number of amides is 1. The Balaban J connectivity index is 1.65. The van der Waals surface area contributed by atoms with Crippen molar-refractivity contribution >= 4 is 16.8 Å². The van der Waals surface area contributed by atoms with E-state index in [-0.39, 0.29) is 11.5 Å². The summed E-state index contributed by atoms with van der Waals surface area (Å²) in [5.74, 6) is 0.534. The zero-order valence-electron chi connectivity index (χ0n) is 13.4. The minimum Gasteiger partial charge on any atom is -0.341 e. The molecule has 0 aliphatic carbocycles. The minimum atomic E-state index is -0.173. The van der Waals surface area contributed by atoms with Crippen molar-refractivity contribution in [2.45, 2.75) is 19.4 Å². The Morgan fingerprint density at radius 3 is 2.71 bits per heavy atom. The van der Waals surface area contributed by atoms with Crippen LogP contribution in [0.1, 0.15) is 17.8 Å². The van der Waals surface area contributed by atoms with Crippen molar-refractivity contribution in [1.82, 2.24) is 19.9 Å². The van der Waals surface area contributed by atoms with E-state index in [2.05, 4.69) is 15.0 Å². The maximum absolute atomic E-state index is 12.3. The Kier molecular flexibility index (Phi) is 4.65. The molecule has 0 radical (unpaired) electrons. The number of hydrogen-bond donors (Lipinski definition) is 1. The Labute approximate surface area is 139 Å². The van der Waals surface area contributed by atoms with Crippen LogP contribution in [-0.4, -0.2) is 32.8 Å². The van der Waals surface area contributed by atoms with Gasteiger partial charge in [-0.1, -0.05) is 12.1 Å². The van der Waals surface area contributed by atoms with Crippen LogP contribution in [0.15, 0.2) is 53.6 Å². The number of nitrogens with one attached hydrogen (secondary N) is 1. The molecule has 0 unspecified atom stereocenters. The number of fused-ring (bicyclic) bond motifs is 1. The normalized spacial score (nSPS) is 10.7. The van der Waals surface area contributed by atoms with Gasteiger partial charge in [0.2, 0.25) is 5.91 Å². The number of H-pyrrole nitrogens is 1. The number of aromatic amines is 1. The van der Waals surface area contributed by atoms with E-state index in [1.165, 1.54) is 0 Å². The number of para-hydroxylation sites is 1. The van der Waals surface area contributed by atoms with Crippen molar-refractivity contribution in [1.29, 1.82) is 0 Å². The molecule has 0 bridgehead atoms. The fourth-order valence-electron chi connectivity index (χ4n) is 2.52. The third-order valence-electron chi connectivity index (χ3n) is 3.83. The molecule has 24 heavy (non-hydrogen) atoms. The molecule has 0 spiro atoms. The summed E-state index contributed by atoms with van der Waals surface area (Å²) in [4.78, 5) is 37.1. The number of aromatic nitrogens is 3. The number of rotatable bonds is 5. The number of pyridine rings is 1. The largest absolute Gasteiger partial charge is 0.341 e. The van der Waals surface area contributed by atoms with Gasteiger partial charge in [0.15, 0.2) is 0 Å². The third kappa shape index (κ3) is 3.65. The van der Waals surface area contributed by atoms with Gasteiger partial charge in [-0.15, -0.1) is 0 Å². The highest BCUT2D eigenvalue weighted by Gasteiger charge is 2.11. The Bertz CT molecular complexity index is 906. The quantitative estimate of drug-likeness (QED) is 0.778. The van der Waals surface area contributed by atoms with Gasteiger partial charge >= 0.3 is 0 Å². The van der Waals surface area contributed by atoms with Gasteiger partial charge in [0, 0.05) is 38.8 Å². The summed E-state index contributed by atoms with van der Waals surface area (Å²) in [6.45, 7) is 0.531. The molecule has 1 amide bonds. The van der Waals surface area contributed by atoms with Crippen LogP contribution >= 0.6 is 0 Å². The standard InChI is InChI=1S/C18H18N4O2/c1-22(12-13-8-10-19-11-9-13)17(23)7-6-16-20-15-5-3-2-4-14(15)18(24)21-16/h2-5,8-11H,6-7,12H2,1H3,(H,20,21,24). The maximum atomic E-state index is 12.3. The highest BCUT2D eigenvalue weighted by Crippen LogP contribution is 2.08. The summed E-state index contributed by atoms with van der Waals surface area (Å²) in [5, 5.41) is 0.558. The molecule has 0 saturated heterocycles. The summed E-state index contributed by atoms with van der Waals surface area (Å²) in [6.07, 6.45) is 4.11. The van der Waals surface area contributed by atoms with E-state index in [4.69, 9.17) is 0 Å². The fraction of sp³-hybridized carbons (Fsp3) is 0.222. The van der Waals surface area contributed by atoms with E-state index in [9.17, 15) is 9.59 Å². The lowest BCUT2D eigenvalue weighted by Crippen LogP contribution is -2.26. The monoisotopic (exact) mass is 322 g/mol. The molecule has 2 heterocycles. The zero-order valence-corrected chi connectivity index (χ0v) is 13.4. The number of nitrogens with zero attached hydrogens (tertiary/aromatic N) is 3. The fourth-order valence-corrected chi connectivity index (χ4v) is 2.52. The molecule has 0 aliphatic rings. The lowest BCUT2D eigenvalue weighted by atomic mass is 10.2. The van der Waals surface area contributed by atoms with Gasteiger partial charge in [-0.05, 0) is 29.8 Å². The SMILES string of the molecule is CN(Cc1ccncc1)C(=O)CCc1nc2ccccc2c(=O)[nH]1. The molecular weight excluding hydrogens is 304 g/mol. The Morgan fingerprint density at radius 2 is 1.92 bits per heavy atom. The van der Waals surface area contributed by atoms with Crippen molar-refractivity contribution in [2.75, 3.05) is 7.05 Å². The first-order valence-corrected chi connectivity index (χ1v) is 7.74. The van der Waals surface area contributed by atoms with Crippen LogP contribution < -0.4 is 5.56 Å². The van der Waals surface area contributed by atoms with Crippen LogP contribution in [0.2, 0.25) is 0 Å².